The minimum Gasteiger partial charge on any atom is -0.463 e. The summed E-state index contributed by atoms with van der Waals surface area (Å²) in [6.45, 7) is 3.16. The van der Waals surface area contributed by atoms with Gasteiger partial charge in [-0.05, 0) is 19.1 Å². The van der Waals surface area contributed by atoms with Gasteiger partial charge in [-0.2, -0.15) is 5.10 Å². The fourth-order valence-electron chi connectivity index (χ4n) is 0.702. The molecule has 0 atom stereocenters. The Morgan fingerprint density at radius 1 is 1.58 bits per heavy atom. The van der Waals surface area contributed by atoms with Crippen LogP contribution in [0.5, 0.6) is 0 Å². The molecule has 0 unspecified atom stereocenters. The molecule has 4 nitrogen and oxygen atoms in total. The van der Waals surface area contributed by atoms with Crippen molar-refractivity contribution in [3.05, 3.63) is 24.2 Å². The Morgan fingerprint density at radius 2 is 2.33 bits per heavy atom. The minimum atomic E-state index is -0.194. The fraction of sp³-hybridized carbons (Fsp3) is 0.250. The van der Waals surface area contributed by atoms with Crippen LogP contribution < -0.4 is 5.43 Å². The molecule has 0 radical (unpaired) electrons. The van der Waals surface area contributed by atoms with Gasteiger partial charge >= 0.3 is 0 Å². The third kappa shape index (κ3) is 2.23. The van der Waals surface area contributed by atoms with Crippen LogP contribution in [0.25, 0.3) is 0 Å². The van der Waals surface area contributed by atoms with Crippen molar-refractivity contribution in [1.82, 2.24) is 5.43 Å². The molecule has 0 saturated heterocycles. The second-order valence-corrected chi connectivity index (χ2v) is 2.34. The number of carbonyl (C=O) groups is 1. The molecule has 1 rings (SSSR count). The predicted molar refractivity (Wildman–Crippen MR) is 44.7 cm³/mol. The molecular weight excluding hydrogens is 156 g/mol. The summed E-state index contributed by atoms with van der Waals surface area (Å²) >= 11 is 0. The molecule has 0 aromatic carbocycles. The zero-order valence-corrected chi connectivity index (χ0v) is 7.00. The highest BCUT2D eigenvalue weighted by molar-refractivity contribution is 5.96. The molecule has 0 bridgehead atoms. The van der Waals surface area contributed by atoms with Crippen molar-refractivity contribution < 1.29 is 9.21 Å². The Kier molecular flexibility index (Phi) is 2.63. The van der Waals surface area contributed by atoms with Gasteiger partial charge in [0.25, 0.3) is 0 Å². The Morgan fingerprint density at radius 3 is 2.83 bits per heavy atom. The summed E-state index contributed by atoms with van der Waals surface area (Å²) in [6, 6.07) is 3.54. The maximum absolute atomic E-state index is 10.5. The van der Waals surface area contributed by atoms with Gasteiger partial charge in [0.1, 0.15) is 11.5 Å². The lowest BCUT2D eigenvalue weighted by atomic mass is 10.3. The summed E-state index contributed by atoms with van der Waals surface area (Å²) in [5.41, 5.74) is 2.97. The lowest BCUT2D eigenvalue weighted by Gasteiger charge is -1.95. The highest BCUT2D eigenvalue weighted by Gasteiger charge is 1.98. The maximum atomic E-state index is 10.5. The number of rotatable bonds is 2. The minimum absolute atomic E-state index is 0.194. The molecule has 0 aliphatic rings. The van der Waals surface area contributed by atoms with E-state index in [9.17, 15) is 4.79 Å². The van der Waals surface area contributed by atoms with Crippen molar-refractivity contribution in [3.8, 4) is 0 Å². The largest absolute Gasteiger partial charge is 0.463 e. The van der Waals surface area contributed by atoms with Gasteiger partial charge in [-0.1, -0.05) is 0 Å². The Bertz CT molecular complexity index is 288. The molecule has 0 aliphatic heterocycles. The average molecular weight is 166 g/mol. The number of nitrogens with one attached hydrogen (secondary N) is 1. The van der Waals surface area contributed by atoms with E-state index in [1.54, 1.807) is 25.3 Å². The first kappa shape index (κ1) is 8.52. The van der Waals surface area contributed by atoms with Crippen LogP contribution in [0.1, 0.15) is 19.6 Å². The van der Waals surface area contributed by atoms with E-state index in [1.807, 2.05) is 0 Å². The SMILES string of the molecule is CC(=O)NN=C(C)c1ccco1. The number of carbonyl (C=O) groups excluding carboxylic acids is 1. The van der Waals surface area contributed by atoms with Crippen LogP contribution in [0.15, 0.2) is 27.9 Å². The Labute approximate surface area is 70.3 Å². The third-order valence-electron chi connectivity index (χ3n) is 1.26. The van der Waals surface area contributed by atoms with Crippen LogP contribution in [0.4, 0.5) is 0 Å². The van der Waals surface area contributed by atoms with Crippen molar-refractivity contribution in [1.29, 1.82) is 0 Å². The van der Waals surface area contributed by atoms with Crippen molar-refractivity contribution in [2.75, 3.05) is 0 Å². The summed E-state index contributed by atoms with van der Waals surface area (Å²) in [5, 5.41) is 3.79. The zero-order chi connectivity index (χ0) is 8.97. The first-order valence-electron chi connectivity index (χ1n) is 3.55. The highest BCUT2D eigenvalue weighted by atomic mass is 16.3. The van der Waals surface area contributed by atoms with Crippen molar-refractivity contribution in [3.63, 3.8) is 0 Å². The number of hydrazone groups is 1. The molecule has 1 heterocycles. The van der Waals surface area contributed by atoms with Gasteiger partial charge in [0.2, 0.25) is 5.91 Å². The first-order chi connectivity index (χ1) is 5.70. The van der Waals surface area contributed by atoms with Crippen LogP contribution >= 0.6 is 0 Å². The van der Waals surface area contributed by atoms with Crippen LogP contribution in [-0.4, -0.2) is 11.6 Å². The molecule has 1 aromatic heterocycles. The van der Waals surface area contributed by atoms with Gasteiger partial charge < -0.3 is 4.42 Å². The summed E-state index contributed by atoms with van der Waals surface area (Å²) in [6.07, 6.45) is 1.56. The van der Waals surface area contributed by atoms with Gasteiger partial charge in [-0.15, -0.1) is 0 Å². The highest BCUT2D eigenvalue weighted by Crippen LogP contribution is 2.00. The van der Waals surface area contributed by atoms with Crippen LogP contribution in [0.3, 0.4) is 0 Å². The number of amides is 1. The van der Waals surface area contributed by atoms with E-state index in [0.29, 0.717) is 11.5 Å². The molecular formula is C8H10N2O2. The van der Waals surface area contributed by atoms with E-state index in [2.05, 4.69) is 10.5 Å². The molecule has 4 heteroatoms. The monoisotopic (exact) mass is 166 g/mol. The predicted octanol–water partition coefficient (Wildman–Crippen LogP) is 1.14. The average Bonchev–Trinajstić information content (AvgIpc) is 2.51. The molecule has 64 valence electrons. The fourth-order valence-corrected chi connectivity index (χ4v) is 0.702. The van der Waals surface area contributed by atoms with Crippen LogP contribution in [0, 0.1) is 0 Å². The van der Waals surface area contributed by atoms with Crippen LogP contribution in [-0.2, 0) is 4.79 Å². The van der Waals surface area contributed by atoms with E-state index < -0.39 is 0 Å². The Hall–Kier alpha value is -1.58. The quantitative estimate of drug-likeness (QED) is 0.529. The number of furan rings is 1. The second-order valence-electron chi connectivity index (χ2n) is 2.34. The van der Waals surface area contributed by atoms with E-state index in [1.165, 1.54) is 6.92 Å². The molecule has 0 saturated carbocycles. The summed E-state index contributed by atoms with van der Waals surface area (Å²) in [5.74, 6) is 0.463. The number of hydrogen-bond donors (Lipinski definition) is 1. The first-order valence-corrected chi connectivity index (χ1v) is 3.55. The zero-order valence-electron chi connectivity index (χ0n) is 7.00. The maximum Gasteiger partial charge on any atom is 0.236 e. The van der Waals surface area contributed by atoms with E-state index in [0.717, 1.165) is 0 Å². The smallest absolute Gasteiger partial charge is 0.236 e. The van der Waals surface area contributed by atoms with Crippen LogP contribution in [0.2, 0.25) is 0 Å². The van der Waals surface area contributed by atoms with Gasteiger partial charge in [-0.3, -0.25) is 4.79 Å². The topological polar surface area (TPSA) is 54.6 Å². The van der Waals surface area contributed by atoms with Gasteiger partial charge in [0, 0.05) is 6.92 Å². The molecule has 1 N–H and O–H groups in total. The molecule has 1 amide bonds. The van der Waals surface area contributed by atoms with Gasteiger partial charge in [-0.25, -0.2) is 5.43 Å². The normalized spacial score (nSPS) is 11.3. The molecule has 0 spiro atoms. The molecule has 12 heavy (non-hydrogen) atoms. The molecule has 1 aromatic rings. The third-order valence-corrected chi connectivity index (χ3v) is 1.26. The molecule has 0 fully saturated rings. The van der Waals surface area contributed by atoms with Gasteiger partial charge in [0.15, 0.2) is 0 Å². The van der Waals surface area contributed by atoms with Crippen molar-refractivity contribution in [2.45, 2.75) is 13.8 Å². The van der Waals surface area contributed by atoms with Gasteiger partial charge in [0.05, 0.1) is 6.26 Å². The van der Waals surface area contributed by atoms with Crippen molar-refractivity contribution in [2.24, 2.45) is 5.10 Å². The Balaban J connectivity index is 2.65. The summed E-state index contributed by atoms with van der Waals surface area (Å²) in [4.78, 5) is 10.5. The summed E-state index contributed by atoms with van der Waals surface area (Å²) < 4.78 is 5.05. The van der Waals surface area contributed by atoms with E-state index >= 15 is 0 Å². The molecule has 0 aliphatic carbocycles. The van der Waals surface area contributed by atoms with E-state index in [4.69, 9.17) is 4.42 Å². The standard InChI is InChI=1S/C8H10N2O2/c1-6(9-10-7(2)11)8-4-3-5-12-8/h3-5H,1-2H3,(H,10,11). The summed E-state index contributed by atoms with van der Waals surface area (Å²) in [7, 11) is 0. The second kappa shape index (κ2) is 3.71. The lowest BCUT2D eigenvalue weighted by molar-refractivity contribution is -0.118. The number of hydrogen-bond acceptors (Lipinski definition) is 3. The van der Waals surface area contributed by atoms with Crippen molar-refractivity contribution >= 4 is 11.6 Å². The van der Waals surface area contributed by atoms with E-state index in [-0.39, 0.29) is 5.91 Å². The lowest BCUT2D eigenvalue weighted by Crippen LogP contribution is -2.14. The number of nitrogens with zero attached hydrogens (tertiary/aromatic N) is 1.